The van der Waals surface area contributed by atoms with Crippen molar-refractivity contribution in [2.45, 2.75) is 19.6 Å². The molecule has 0 aliphatic heterocycles. The van der Waals surface area contributed by atoms with Crippen molar-refractivity contribution in [2.24, 2.45) is 0 Å². The zero-order valence-electron chi connectivity index (χ0n) is 13.5. The van der Waals surface area contributed by atoms with Gasteiger partial charge in [-0.1, -0.05) is 35.9 Å². The van der Waals surface area contributed by atoms with E-state index in [9.17, 15) is 4.79 Å². The number of amides is 1. The molecule has 6 heteroatoms. The van der Waals surface area contributed by atoms with Gasteiger partial charge < -0.3 is 9.84 Å². The second-order valence-corrected chi connectivity index (χ2v) is 5.76. The van der Waals surface area contributed by atoms with Crippen LogP contribution in [0.1, 0.15) is 17.5 Å². The molecule has 0 bridgehead atoms. The highest BCUT2D eigenvalue weighted by Crippen LogP contribution is 2.15. The fourth-order valence-corrected chi connectivity index (χ4v) is 2.14. The van der Waals surface area contributed by atoms with Crippen molar-refractivity contribution in [2.75, 3.05) is 13.7 Å². The summed E-state index contributed by atoms with van der Waals surface area (Å²) >= 11 is 5.85. The molecule has 0 aliphatic carbocycles. The number of hydrogen-bond acceptors (Lipinski definition) is 4. The third-order valence-electron chi connectivity index (χ3n) is 3.46. The molecule has 2 aromatic carbocycles. The van der Waals surface area contributed by atoms with E-state index in [1.807, 2.05) is 48.5 Å². The van der Waals surface area contributed by atoms with E-state index in [1.165, 1.54) is 5.01 Å². The summed E-state index contributed by atoms with van der Waals surface area (Å²) in [6.45, 7) is 0.850. The quantitative estimate of drug-likeness (QED) is 0.720. The van der Waals surface area contributed by atoms with Crippen molar-refractivity contribution in [3.05, 3.63) is 64.7 Å². The molecule has 5 nitrogen and oxygen atoms in total. The Morgan fingerprint density at radius 2 is 1.75 bits per heavy atom. The van der Waals surface area contributed by atoms with Crippen molar-refractivity contribution in [3.63, 3.8) is 0 Å². The number of nitrogens with zero attached hydrogens (tertiary/aromatic N) is 1. The number of aliphatic hydroxyl groups is 1. The summed E-state index contributed by atoms with van der Waals surface area (Å²) in [5.74, 6) is 0.624. The van der Waals surface area contributed by atoms with Crippen molar-refractivity contribution in [1.82, 2.24) is 10.4 Å². The zero-order chi connectivity index (χ0) is 17.4. The van der Waals surface area contributed by atoms with Gasteiger partial charge in [0.15, 0.2) is 0 Å². The zero-order valence-corrected chi connectivity index (χ0v) is 14.3. The molecule has 128 valence electrons. The minimum atomic E-state index is -0.152. The van der Waals surface area contributed by atoms with Gasteiger partial charge in [0.05, 0.1) is 13.0 Å². The van der Waals surface area contributed by atoms with Crippen molar-refractivity contribution in [1.29, 1.82) is 0 Å². The monoisotopic (exact) mass is 348 g/mol. The first-order valence-electron chi connectivity index (χ1n) is 7.65. The van der Waals surface area contributed by atoms with Crippen LogP contribution >= 0.6 is 11.6 Å². The molecule has 2 N–H and O–H groups in total. The van der Waals surface area contributed by atoms with Crippen LogP contribution in [0, 0.1) is 0 Å². The molecule has 0 heterocycles. The van der Waals surface area contributed by atoms with Gasteiger partial charge in [-0.2, -0.15) is 0 Å². The molecule has 0 radical (unpaired) electrons. The third-order valence-corrected chi connectivity index (χ3v) is 3.71. The lowest BCUT2D eigenvalue weighted by Gasteiger charge is -2.18. The van der Waals surface area contributed by atoms with Crippen LogP contribution < -0.4 is 10.2 Å². The van der Waals surface area contributed by atoms with E-state index in [4.69, 9.17) is 21.4 Å². The summed E-state index contributed by atoms with van der Waals surface area (Å²) in [7, 11) is 1.64. The van der Waals surface area contributed by atoms with Gasteiger partial charge in [0, 0.05) is 18.6 Å². The molecular formula is C18H21ClN2O3. The molecule has 2 rings (SSSR count). The van der Waals surface area contributed by atoms with Crippen LogP contribution in [0.5, 0.6) is 5.75 Å². The summed E-state index contributed by atoms with van der Waals surface area (Å²) in [6.07, 6.45) is 0.112. The van der Waals surface area contributed by atoms with E-state index in [2.05, 4.69) is 5.43 Å². The third kappa shape index (κ3) is 5.85. The first kappa shape index (κ1) is 18.3. The number of benzene rings is 2. The number of hydrazine groups is 1. The number of nitrogens with one attached hydrogen (secondary N) is 1. The minimum Gasteiger partial charge on any atom is -0.489 e. The minimum absolute atomic E-state index is 0.112. The van der Waals surface area contributed by atoms with E-state index >= 15 is 0 Å². The Hall–Kier alpha value is -2.08. The van der Waals surface area contributed by atoms with Gasteiger partial charge in [0.1, 0.15) is 12.4 Å². The number of halogens is 1. The highest BCUT2D eigenvalue weighted by Gasteiger charge is 2.07. The van der Waals surface area contributed by atoms with E-state index in [1.54, 1.807) is 7.05 Å². The lowest BCUT2D eigenvalue weighted by Crippen LogP contribution is -2.39. The van der Waals surface area contributed by atoms with Crippen molar-refractivity contribution in [3.8, 4) is 5.75 Å². The van der Waals surface area contributed by atoms with Gasteiger partial charge in [0.2, 0.25) is 5.91 Å². The molecule has 2 aromatic rings. The van der Waals surface area contributed by atoms with Gasteiger partial charge >= 0.3 is 0 Å². The predicted octanol–water partition coefficient (Wildman–Crippen LogP) is 2.76. The van der Waals surface area contributed by atoms with E-state index in [0.717, 1.165) is 16.9 Å². The molecule has 0 saturated carbocycles. The molecular weight excluding hydrogens is 328 g/mol. The van der Waals surface area contributed by atoms with Crippen LogP contribution in [0.25, 0.3) is 0 Å². The number of hydrogen-bond donors (Lipinski definition) is 2. The lowest BCUT2D eigenvalue weighted by molar-refractivity contribution is -0.133. The number of aliphatic hydroxyl groups excluding tert-OH is 1. The van der Waals surface area contributed by atoms with Gasteiger partial charge in [-0.05, 0) is 35.4 Å². The Balaban J connectivity index is 1.80. The average Bonchev–Trinajstić information content (AvgIpc) is 2.60. The second-order valence-electron chi connectivity index (χ2n) is 5.32. The maximum Gasteiger partial charge on any atom is 0.238 e. The molecule has 0 aliphatic rings. The Kier molecular flexibility index (Phi) is 7.06. The Morgan fingerprint density at radius 3 is 2.38 bits per heavy atom. The molecule has 0 fully saturated rings. The van der Waals surface area contributed by atoms with E-state index < -0.39 is 0 Å². The molecule has 1 amide bonds. The standard InChI is InChI=1S/C18H21ClN2O3/c1-21(18(23)10-11-22)20-12-14-4-8-17(9-5-14)24-13-15-2-6-16(19)7-3-15/h2-9,20,22H,10-13H2,1H3. The second kappa shape index (κ2) is 9.27. The van der Waals surface area contributed by atoms with Crippen LogP contribution in [0.2, 0.25) is 5.02 Å². The van der Waals surface area contributed by atoms with Gasteiger partial charge in [-0.25, -0.2) is 5.43 Å². The van der Waals surface area contributed by atoms with Gasteiger partial charge in [-0.15, -0.1) is 0 Å². The lowest BCUT2D eigenvalue weighted by atomic mass is 10.2. The molecule has 0 saturated heterocycles. The van der Waals surface area contributed by atoms with Crippen LogP contribution in [-0.4, -0.2) is 29.7 Å². The Labute approximate surface area is 146 Å². The smallest absolute Gasteiger partial charge is 0.238 e. The predicted molar refractivity (Wildman–Crippen MR) is 93.5 cm³/mol. The normalized spacial score (nSPS) is 10.5. The van der Waals surface area contributed by atoms with E-state index in [0.29, 0.717) is 18.2 Å². The topological polar surface area (TPSA) is 61.8 Å². The number of carbonyl (C=O) groups is 1. The first-order valence-corrected chi connectivity index (χ1v) is 8.03. The maximum atomic E-state index is 11.5. The van der Waals surface area contributed by atoms with Gasteiger partial charge in [0.25, 0.3) is 0 Å². The fraction of sp³-hybridized carbons (Fsp3) is 0.278. The van der Waals surface area contributed by atoms with Crippen molar-refractivity contribution >= 4 is 17.5 Å². The summed E-state index contributed by atoms with van der Waals surface area (Å²) in [6, 6.07) is 15.2. The molecule has 0 aromatic heterocycles. The summed E-state index contributed by atoms with van der Waals surface area (Å²) in [5.41, 5.74) is 5.06. The summed E-state index contributed by atoms with van der Waals surface area (Å²) in [4.78, 5) is 11.5. The summed E-state index contributed by atoms with van der Waals surface area (Å²) < 4.78 is 5.73. The van der Waals surface area contributed by atoms with E-state index in [-0.39, 0.29) is 18.9 Å². The summed E-state index contributed by atoms with van der Waals surface area (Å²) in [5, 5.41) is 10.8. The molecule has 0 spiro atoms. The maximum absolute atomic E-state index is 11.5. The Morgan fingerprint density at radius 1 is 1.12 bits per heavy atom. The van der Waals surface area contributed by atoms with Crippen LogP contribution in [-0.2, 0) is 17.9 Å². The molecule has 0 unspecified atom stereocenters. The number of ether oxygens (including phenoxy) is 1. The molecule has 0 atom stereocenters. The van der Waals surface area contributed by atoms with Crippen molar-refractivity contribution < 1.29 is 14.6 Å². The number of rotatable bonds is 8. The fourth-order valence-electron chi connectivity index (χ4n) is 2.01. The van der Waals surface area contributed by atoms with Crippen LogP contribution in [0.3, 0.4) is 0 Å². The van der Waals surface area contributed by atoms with Crippen LogP contribution in [0.4, 0.5) is 0 Å². The SMILES string of the molecule is CN(NCc1ccc(OCc2ccc(Cl)cc2)cc1)C(=O)CCO. The first-order chi connectivity index (χ1) is 11.6. The Bertz CT molecular complexity index is 644. The number of carbonyl (C=O) groups excluding carboxylic acids is 1. The highest BCUT2D eigenvalue weighted by atomic mass is 35.5. The van der Waals surface area contributed by atoms with Gasteiger partial charge in [-0.3, -0.25) is 9.80 Å². The largest absolute Gasteiger partial charge is 0.489 e. The highest BCUT2D eigenvalue weighted by molar-refractivity contribution is 6.30. The average molecular weight is 349 g/mol. The van der Waals surface area contributed by atoms with Crippen LogP contribution in [0.15, 0.2) is 48.5 Å². The molecule has 24 heavy (non-hydrogen) atoms.